The van der Waals surface area contributed by atoms with Gasteiger partial charge in [-0.1, -0.05) is 47.6 Å². The molecule has 242 valence electrons. The molecule has 1 aliphatic rings. The minimum atomic E-state index is -4.79. The number of amides is 3. The largest absolute Gasteiger partial charge is 0.471 e. The van der Waals surface area contributed by atoms with Gasteiger partial charge in [-0.2, -0.15) is 18.2 Å². The van der Waals surface area contributed by atoms with E-state index < -0.39 is 29.5 Å². The molecule has 1 fully saturated rings. The molecule has 3 heterocycles. The van der Waals surface area contributed by atoms with Crippen LogP contribution in [0.4, 0.5) is 18.0 Å². The van der Waals surface area contributed by atoms with Crippen LogP contribution in [0, 0.1) is 0 Å². The fourth-order valence-electron chi connectivity index (χ4n) is 5.00. The molecule has 0 bridgehead atoms. The molecule has 2 aromatic heterocycles. The van der Waals surface area contributed by atoms with E-state index in [2.05, 4.69) is 25.3 Å². The summed E-state index contributed by atoms with van der Waals surface area (Å²) in [6.45, 7) is 0.868. The van der Waals surface area contributed by atoms with Crippen LogP contribution < -0.4 is 10.6 Å². The van der Waals surface area contributed by atoms with Crippen LogP contribution >= 0.6 is 11.3 Å². The van der Waals surface area contributed by atoms with Crippen LogP contribution in [0.15, 0.2) is 64.5 Å². The number of ether oxygens (including phenoxy) is 1. The first-order valence-electron chi connectivity index (χ1n) is 14.2. The minimum absolute atomic E-state index is 0.0562. The van der Waals surface area contributed by atoms with Gasteiger partial charge < -0.3 is 29.9 Å². The zero-order chi connectivity index (χ0) is 32.7. The topological polar surface area (TPSA) is 160 Å². The predicted octanol–water partition coefficient (Wildman–Crippen LogP) is 4.45. The molecular formula is C30H29F3N6O6S. The van der Waals surface area contributed by atoms with Gasteiger partial charge in [-0.15, -0.1) is 11.3 Å². The van der Waals surface area contributed by atoms with Crippen LogP contribution in [0.25, 0.3) is 22.6 Å². The van der Waals surface area contributed by atoms with E-state index in [1.54, 1.807) is 4.90 Å². The number of aromatic nitrogens is 3. The Bertz CT molecular complexity index is 1670. The number of benzene rings is 2. The number of carbonyl (C=O) groups excluding carboxylic acids is 2. The Morgan fingerprint density at radius 3 is 2.46 bits per heavy atom. The van der Waals surface area contributed by atoms with E-state index in [-0.39, 0.29) is 49.2 Å². The predicted molar refractivity (Wildman–Crippen MR) is 159 cm³/mol. The van der Waals surface area contributed by atoms with Crippen molar-refractivity contribution in [2.24, 2.45) is 0 Å². The molecule has 1 saturated heterocycles. The van der Waals surface area contributed by atoms with Gasteiger partial charge in [-0.25, -0.2) is 9.78 Å². The van der Waals surface area contributed by atoms with Crippen LogP contribution in [0.3, 0.4) is 0 Å². The van der Waals surface area contributed by atoms with Gasteiger partial charge in [-0.3, -0.25) is 9.59 Å². The van der Waals surface area contributed by atoms with Gasteiger partial charge in [0.2, 0.25) is 11.7 Å². The van der Waals surface area contributed by atoms with Crippen molar-refractivity contribution in [3.05, 3.63) is 76.4 Å². The first-order valence-corrected chi connectivity index (χ1v) is 15.1. The lowest BCUT2D eigenvalue weighted by Gasteiger charge is -2.40. The van der Waals surface area contributed by atoms with Crippen LogP contribution in [0.1, 0.15) is 34.1 Å². The number of piperidine rings is 1. The zero-order valence-electron chi connectivity index (χ0n) is 24.2. The van der Waals surface area contributed by atoms with E-state index in [1.165, 1.54) is 35.6 Å². The lowest BCUT2D eigenvalue weighted by molar-refractivity contribution is -0.159. The Balaban J connectivity index is 1.29. The van der Waals surface area contributed by atoms with E-state index >= 15 is 0 Å². The van der Waals surface area contributed by atoms with Gasteiger partial charge >= 0.3 is 18.2 Å². The first kappa shape index (κ1) is 32.6. The fraction of sp³-hybridized carbons (Fsp3) is 0.333. The summed E-state index contributed by atoms with van der Waals surface area (Å²) in [6.07, 6.45) is -4.99. The molecule has 0 atom stereocenters. The highest BCUT2D eigenvalue weighted by Crippen LogP contribution is 2.39. The highest BCUT2D eigenvalue weighted by atomic mass is 32.1. The summed E-state index contributed by atoms with van der Waals surface area (Å²) in [4.78, 5) is 46.7. The summed E-state index contributed by atoms with van der Waals surface area (Å²) >= 11 is 1.47. The number of thiazole rings is 1. The van der Waals surface area contributed by atoms with Crippen molar-refractivity contribution in [2.45, 2.75) is 24.4 Å². The summed E-state index contributed by atoms with van der Waals surface area (Å²) in [7, 11) is 0. The molecule has 2 aromatic carbocycles. The number of likely N-dealkylation sites (tertiary alicyclic amines) is 1. The zero-order valence-corrected chi connectivity index (χ0v) is 25.1. The Labute approximate surface area is 264 Å². The Hall–Kier alpha value is -4.83. The maximum Gasteiger partial charge on any atom is 0.471 e. The molecule has 5 rings (SSSR count). The maximum atomic E-state index is 13.3. The van der Waals surface area contributed by atoms with Crippen molar-refractivity contribution in [3.8, 4) is 22.6 Å². The van der Waals surface area contributed by atoms with Crippen molar-refractivity contribution < 1.29 is 41.9 Å². The normalized spacial score (nSPS) is 14.5. The number of nitrogens with one attached hydrogen (secondary N) is 2. The molecule has 4 aromatic rings. The number of hydrogen-bond acceptors (Lipinski definition) is 9. The third-order valence-electron chi connectivity index (χ3n) is 7.49. The SMILES string of the molecule is O=C(O)NCCOCC(=O)N1CCC(CNC(=O)c2cccc(-c3noc(C(F)(F)F)n3)c2)(c2nc(-c3ccccc3)cs2)CC1. The number of rotatable bonds is 11. The standard InChI is InChI=1S/C30H29F3N6O6S/c31-30(32,33)26-37-24(38-45-26)20-7-4-8-21(15-20)25(41)35-18-29(27-36-22(17-46-27)19-5-2-1-3-6-19)9-12-39(13-10-29)23(40)16-44-14-11-34-28(42)43/h1-8,15,17,34H,9-14,16,18H2,(H,35,41)(H,42,43). The summed E-state index contributed by atoms with van der Waals surface area (Å²) in [6, 6.07) is 15.6. The maximum absolute atomic E-state index is 13.3. The minimum Gasteiger partial charge on any atom is -0.465 e. The average Bonchev–Trinajstić information content (AvgIpc) is 3.76. The highest BCUT2D eigenvalue weighted by molar-refractivity contribution is 7.10. The molecule has 3 amide bonds. The molecule has 16 heteroatoms. The van der Waals surface area contributed by atoms with Crippen LogP contribution in [-0.2, 0) is 21.1 Å². The van der Waals surface area contributed by atoms with Gasteiger partial charge in [0.15, 0.2) is 0 Å². The van der Waals surface area contributed by atoms with E-state index in [0.29, 0.717) is 25.9 Å². The first-order chi connectivity index (χ1) is 22.0. The van der Waals surface area contributed by atoms with Crippen molar-refractivity contribution in [2.75, 3.05) is 39.4 Å². The molecule has 0 unspecified atom stereocenters. The fourth-order valence-corrected chi connectivity index (χ4v) is 6.09. The molecule has 46 heavy (non-hydrogen) atoms. The number of carbonyl (C=O) groups is 3. The Morgan fingerprint density at radius 2 is 1.76 bits per heavy atom. The van der Waals surface area contributed by atoms with Gasteiger partial charge in [0.05, 0.1) is 12.3 Å². The number of carboxylic acid groups (broad SMARTS) is 1. The van der Waals surface area contributed by atoms with Gasteiger partial charge in [0.25, 0.3) is 5.91 Å². The monoisotopic (exact) mass is 658 g/mol. The Morgan fingerprint density at radius 1 is 1.02 bits per heavy atom. The van der Waals surface area contributed by atoms with Crippen LogP contribution in [0.2, 0.25) is 0 Å². The summed E-state index contributed by atoms with van der Waals surface area (Å²) < 4.78 is 48.5. The number of halogens is 3. The molecule has 1 aliphatic heterocycles. The van der Waals surface area contributed by atoms with Gasteiger partial charge in [0, 0.05) is 53.7 Å². The number of hydrogen-bond donors (Lipinski definition) is 3. The molecule has 0 saturated carbocycles. The van der Waals surface area contributed by atoms with Crippen molar-refractivity contribution in [1.82, 2.24) is 30.7 Å². The average molecular weight is 659 g/mol. The second-order valence-corrected chi connectivity index (χ2v) is 11.4. The second-order valence-electron chi connectivity index (χ2n) is 10.5. The summed E-state index contributed by atoms with van der Waals surface area (Å²) in [5.74, 6) is -2.47. The van der Waals surface area contributed by atoms with Gasteiger partial charge in [0.1, 0.15) is 11.6 Å². The van der Waals surface area contributed by atoms with Gasteiger partial charge in [-0.05, 0) is 25.0 Å². The summed E-state index contributed by atoms with van der Waals surface area (Å²) in [5.41, 5.74) is 1.50. The summed E-state index contributed by atoms with van der Waals surface area (Å²) in [5, 5.41) is 19.9. The van der Waals surface area contributed by atoms with E-state index in [9.17, 15) is 27.6 Å². The molecule has 3 N–H and O–H groups in total. The smallest absolute Gasteiger partial charge is 0.465 e. The third kappa shape index (κ3) is 7.87. The quantitative estimate of drug-likeness (QED) is 0.198. The van der Waals surface area contributed by atoms with E-state index in [1.807, 2.05) is 35.7 Å². The third-order valence-corrected chi connectivity index (χ3v) is 8.58. The lowest BCUT2D eigenvalue weighted by atomic mass is 9.78. The van der Waals surface area contributed by atoms with E-state index in [0.717, 1.165) is 16.3 Å². The molecular weight excluding hydrogens is 629 g/mol. The van der Waals surface area contributed by atoms with Crippen molar-refractivity contribution in [1.29, 1.82) is 0 Å². The Kier molecular flexibility index (Phi) is 9.96. The molecule has 0 spiro atoms. The molecule has 0 radical (unpaired) electrons. The molecule has 12 nitrogen and oxygen atoms in total. The highest BCUT2D eigenvalue weighted by Gasteiger charge is 2.41. The lowest BCUT2D eigenvalue weighted by Crippen LogP contribution is -2.51. The van der Waals surface area contributed by atoms with Crippen LogP contribution in [-0.4, -0.2) is 82.4 Å². The van der Waals surface area contributed by atoms with Crippen molar-refractivity contribution in [3.63, 3.8) is 0 Å². The molecule has 0 aliphatic carbocycles. The van der Waals surface area contributed by atoms with E-state index in [4.69, 9.17) is 14.8 Å². The number of nitrogens with zero attached hydrogens (tertiary/aromatic N) is 4. The van der Waals surface area contributed by atoms with Crippen LogP contribution in [0.5, 0.6) is 0 Å². The van der Waals surface area contributed by atoms with Crippen molar-refractivity contribution >= 4 is 29.2 Å². The number of alkyl halides is 3. The second kappa shape index (κ2) is 14.1.